The van der Waals surface area contributed by atoms with Gasteiger partial charge in [0.1, 0.15) is 5.69 Å². The molecule has 0 atom stereocenters. The molecule has 0 saturated carbocycles. The maximum Gasteiger partial charge on any atom is 0.257 e. The average Bonchev–Trinajstić information content (AvgIpc) is 2.76. The third-order valence-corrected chi connectivity index (χ3v) is 3.64. The van der Waals surface area contributed by atoms with Crippen LogP contribution in [0.5, 0.6) is 0 Å². The summed E-state index contributed by atoms with van der Waals surface area (Å²) < 4.78 is 0.716. The van der Waals surface area contributed by atoms with Gasteiger partial charge in [0.2, 0.25) is 0 Å². The Kier molecular flexibility index (Phi) is 4.34. The number of rotatable bonds is 3. The van der Waals surface area contributed by atoms with Crippen molar-refractivity contribution in [1.29, 1.82) is 0 Å². The van der Waals surface area contributed by atoms with Gasteiger partial charge in [0.05, 0.1) is 0 Å². The number of nitrogens with one attached hydrogen (secondary N) is 1. The van der Waals surface area contributed by atoms with Crippen molar-refractivity contribution < 1.29 is 9.59 Å². The standard InChI is InChI=1S/C12H8BrClN2O2S/c1-6(17)10-5-19-12(15-10)16-11(18)7-2-8(13)4-9(14)3-7/h2-5H,1H3,(H,15,16,18). The van der Waals surface area contributed by atoms with Crippen LogP contribution >= 0.6 is 38.9 Å². The quantitative estimate of drug-likeness (QED) is 0.842. The number of halogens is 2. The molecule has 0 unspecified atom stereocenters. The monoisotopic (exact) mass is 358 g/mol. The molecule has 0 aliphatic heterocycles. The molecule has 1 aromatic carbocycles. The van der Waals surface area contributed by atoms with Crippen LogP contribution in [0.25, 0.3) is 0 Å². The minimum absolute atomic E-state index is 0.137. The fraction of sp³-hybridized carbons (Fsp3) is 0.0833. The summed E-state index contributed by atoms with van der Waals surface area (Å²) in [5.74, 6) is -0.463. The number of thiazole rings is 1. The fourth-order valence-electron chi connectivity index (χ4n) is 1.35. The Balaban J connectivity index is 2.18. The molecule has 0 aliphatic rings. The van der Waals surface area contributed by atoms with Crippen molar-refractivity contribution >= 4 is 55.7 Å². The molecule has 1 amide bonds. The van der Waals surface area contributed by atoms with Gasteiger partial charge >= 0.3 is 0 Å². The van der Waals surface area contributed by atoms with E-state index in [9.17, 15) is 9.59 Å². The van der Waals surface area contributed by atoms with E-state index in [0.717, 1.165) is 0 Å². The summed E-state index contributed by atoms with van der Waals surface area (Å²) in [6.07, 6.45) is 0. The highest BCUT2D eigenvalue weighted by atomic mass is 79.9. The molecule has 0 fully saturated rings. The maximum atomic E-state index is 12.0. The van der Waals surface area contributed by atoms with E-state index in [1.807, 2.05) is 0 Å². The number of benzene rings is 1. The number of aromatic nitrogens is 1. The van der Waals surface area contributed by atoms with Gasteiger partial charge < -0.3 is 0 Å². The second-order valence-electron chi connectivity index (χ2n) is 3.71. The molecule has 0 saturated heterocycles. The zero-order valence-corrected chi connectivity index (χ0v) is 12.9. The molecule has 1 aromatic heterocycles. The molecular formula is C12H8BrClN2O2S. The van der Waals surface area contributed by atoms with Crippen molar-refractivity contribution in [2.45, 2.75) is 6.92 Å². The average molecular weight is 360 g/mol. The maximum absolute atomic E-state index is 12.0. The number of ketones is 1. The van der Waals surface area contributed by atoms with E-state index in [1.54, 1.807) is 23.6 Å². The van der Waals surface area contributed by atoms with Gasteiger partial charge in [-0.1, -0.05) is 27.5 Å². The Bertz CT molecular complexity index is 637. The lowest BCUT2D eigenvalue weighted by Crippen LogP contribution is -2.12. The van der Waals surface area contributed by atoms with Crippen LogP contribution in [0.15, 0.2) is 28.1 Å². The molecule has 7 heteroatoms. The molecule has 0 aliphatic carbocycles. The molecule has 4 nitrogen and oxygen atoms in total. The topological polar surface area (TPSA) is 59.1 Å². The van der Waals surface area contributed by atoms with Gasteiger partial charge in [0.15, 0.2) is 10.9 Å². The van der Waals surface area contributed by atoms with Gasteiger partial charge in [0.25, 0.3) is 5.91 Å². The predicted molar refractivity (Wildman–Crippen MR) is 79.2 cm³/mol. The zero-order chi connectivity index (χ0) is 14.0. The first-order valence-corrected chi connectivity index (χ1v) is 7.24. The first kappa shape index (κ1) is 14.2. The molecule has 0 spiro atoms. The van der Waals surface area contributed by atoms with Crippen molar-refractivity contribution in [2.24, 2.45) is 0 Å². The van der Waals surface area contributed by atoms with Crippen molar-refractivity contribution in [3.8, 4) is 0 Å². The highest BCUT2D eigenvalue weighted by Gasteiger charge is 2.11. The van der Waals surface area contributed by atoms with Crippen LogP contribution in [0.1, 0.15) is 27.8 Å². The smallest absolute Gasteiger partial charge is 0.257 e. The van der Waals surface area contributed by atoms with Gasteiger partial charge in [0, 0.05) is 27.4 Å². The largest absolute Gasteiger partial charge is 0.298 e. The number of hydrogen-bond acceptors (Lipinski definition) is 4. The molecular weight excluding hydrogens is 352 g/mol. The lowest BCUT2D eigenvalue weighted by molar-refractivity contribution is 0.100. The highest BCUT2D eigenvalue weighted by molar-refractivity contribution is 9.10. The van der Waals surface area contributed by atoms with E-state index in [0.29, 0.717) is 25.9 Å². The minimum atomic E-state index is -0.326. The molecule has 0 bridgehead atoms. The van der Waals surface area contributed by atoms with Crippen molar-refractivity contribution in [2.75, 3.05) is 5.32 Å². The number of nitrogens with zero attached hydrogens (tertiary/aromatic N) is 1. The molecule has 2 aromatic rings. The summed E-state index contributed by atoms with van der Waals surface area (Å²) in [4.78, 5) is 27.1. The third-order valence-electron chi connectivity index (χ3n) is 2.21. The Labute approximate surface area is 126 Å². The van der Waals surface area contributed by atoms with E-state index in [4.69, 9.17) is 11.6 Å². The number of hydrogen-bond donors (Lipinski definition) is 1. The number of carbonyl (C=O) groups is 2. The van der Waals surface area contributed by atoms with Crippen LogP contribution in [0.2, 0.25) is 5.02 Å². The molecule has 0 radical (unpaired) electrons. The Morgan fingerprint density at radius 3 is 2.68 bits per heavy atom. The summed E-state index contributed by atoms with van der Waals surface area (Å²) in [5.41, 5.74) is 0.756. The first-order valence-electron chi connectivity index (χ1n) is 5.19. The Morgan fingerprint density at radius 1 is 1.37 bits per heavy atom. The van der Waals surface area contributed by atoms with E-state index in [1.165, 1.54) is 18.3 Å². The first-order chi connectivity index (χ1) is 8.95. The number of carbonyl (C=O) groups excluding carboxylic acids is 2. The molecule has 1 heterocycles. The van der Waals surface area contributed by atoms with Crippen molar-refractivity contribution in [3.05, 3.63) is 44.3 Å². The van der Waals surface area contributed by atoms with Gasteiger partial charge in [-0.2, -0.15) is 0 Å². The number of amides is 1. The Morgan fingerprint density at radius 2 is 2.11 bits per heavy atom. The van der Waals surface area contributed by atoms with Crippen LogP contribution in [-0.2, 0) is 0 Å². The normalized spacial score (nSPS) is 10.3. The van der Waals surface area contributed by atoms with Crippen LogP contribution in [0.4, 0.5) is 5.13 Å². The predicted octanol–water partition coefficient (Wildman–Crippen LogP) is 4.01. The number of Topliss-reactive ketones (excluding diaryl/α,β-unsaturated/α-hetero) is 1. The van der Waals surface area contributed by atoms with Gasteiger partial charge in [-0.05, 0) is 18.2 Å². The summed E-state index contributed by atoms with van der Waals surface area (Å²) in [6, 6.07) is 4.90. The van der Waals surface area contributed by atoms with Gasteiger partial charge in [-0.25, -0.2) is 4.98 Å². The summed E-state index contributed by atoms with van der Waals surface area (Å²) in [5, 5.41) is 5.07. The zero-order valence-electron chi connectivity index (χ0n) is 9.74. The highest BCUT2D eigenvalue weighted by Crippen LogP contribution is 2.21. The van der Waals surface area contributed by atoms with Gasteiger partial charge in [-0.15, -0.1) is 11.3 Å². The lowest BCUT2D eigenvalue weighted by Gasteiger charge is -2.03. The second-order valence-corrected chi connectivity index (χ2v) is 5.92. The van der Waals surface area contributed by atoms with E-state index in [-0.39, 0.29) is 11.7 Å². The summed E-state index contributed by atoms with van der Waals surface area (Å²) >= 11 is 10.3. The lowest BCUT2D eigenvalue weighted by atomic mass is 10.2. The third kappa shape index (κ3) is 3.62. The van der Waals surface area contributed by atoms with Crippen LogP contribution in [0.3, 0.4) is 0 Å². The fourth-order valence-corrected chi connectivity index (χ4v) is 2.95. The molecule has 2 rings (SSSR count). The Hall–Kier alpha value is -1.24. The minimum Gasteiger partial charge on any atom is -0.298 e. The SMILES string of the molecule is CC(=O)c1csc(NC(=O)c2cc(Cl)cc(Br)c2)n1. The second kappa shape index (κ2) is 5.81. The molecule has 19 heavy (non-hydrogen) atoms. The molecule has 98 valence electrons. The van der Waals surface area contributed by atoms with Crippen LogP contribution in [0, 0.1) is 0 Å². The van der Waals surface area contributed by atoms with Crippen molar-refractivity contribution in [3.63, 3.8) is 0 Å². The van der Waals surface area contributed by atoms with E-state index in [2.05, 4.69) is 26.2 Å². The van der Waals surface area contributed by atoms with E-state index >= 15 is 0 Å². The van der Waals surface area contributed by atoms with Crippen LogP contribution < -0.4 is 5.32 Å². The van der Waals surface area contributed by atoms with Crippen molar-refractivity contribution in [1.82, 2.24) is 4.98 Å². The summed E-state index contributed by atoms with van der Waals surface area (Å²) in [6.45, 7) is 1.43. The van der Waals surface area contributed by atoms with E-state index < -0.39 is 0 Å². The van der Waals surface area contributed by atoms with Crippen LogP contribution in [-0.4, -0.2) is 16.7 Å². The van der Waals surface area contributed by atoms with Gasteiger partial charge in [-0.3, -0.25) is 14.9 Å². The molecule has 1 N–H and O–H groups in total. The summed E-state index contributed by atoms with van der Waals surface area (Å²) in [7, 11) is 0. The number of anilines is 1.